The molecule has 0 bridgehead atoms. The lowest BCUT2D eigenvalue weighted by Gasteiger charge is -2.28. The van der Waals surface area contributed by atoms with Crippen LogP contribution in [-0.4, -0.2) is 28.6 Å². The summed E-state index contributed by atoms with van der Waals surface area (Å²) in [5.41, 5.74) is 12.4. The lowest BCUT2D eigenvalue weighted by atomic mass is 10.0. The highest BCUT2D eigenvalue weighted by atomic mass is 16.5. The van der Waals surface area contributed by atoms with Crippen molar-refractivity contribution >= 4 is 16.9 Å². The van der Waals surface area contributed by atoms with Gasteiger partial charge >= 0.3 is 5.97 Å². The molecule has 4 rings (SSSR count). The number of nitrogens with two attached hydrogens (primary N) is 1. The summed E-state index contributed by atoms with van der Waals surface area (Å²) in [6, 6.07) is 16.5. The number of carbonyl (C=O) groups is 1. The highest BCUT2D eigenvalue weighted by Gasteiger charge is 2.27. The van der Waals surface area contributed by atoms with E-state index >= 15 is 0 Å². The van der Waals surface area contributed by atoms with Gasteiger partial charge in [-0.25, -0.2) is 4.79 Å². The van der Waals surface area contributed by atoms with Gasteiger partial charge in [0.2, 0.25) is 0 Å². The molecule has 2 heterocycles. The van der Waals surface area contributed by atoms with Crippen LogP contribution in [0.4, 0.5) is 0 Å². The standard InChI is InChI=1S/C27H31N3O2/c1-3-9-21(16-28)18-30-25-14-15-29(17-20-10-6-5-7-11-20)19-24(25)22-12-8-13-23(26(22)30)27(31)32-4-2/h3,5-13,16H,4,14-15,17-19,28H2,1-2H3/b9-3-,21-16+. The monoisotopic (exact) mass is 429 g/mol. The van der Waals surface area contributed by atoms with Crippen LogP contribution in [0.5, 0.6) is 0 Å². The van der Waals surface area contributed by atoms with E-state index in [1.807, 2.05) is 38.1 Å². The molecule has 1 aliphatic rings. The number of hydrogen-bond acceptors (Lipinski definition) is 4. The molecule has 0 saturated carbocycles. The lowest BCUT2D eigenvalue weighted by molar-refractivity contribution is 0.0528. The molecule has 0 aliphatic carbocycles. The minimum Gasteiger partial charge on any atom is -0.462 e. The highest BCUT2D eigenvalue weighted by molar-refractivity contribution is 6.04. The number of rotatable bonds is 7. The second kappa shape index (κ2) is 9.88. The molecular formula is C27H31N3O2. The number of benzene rings is 2. The van der Waals surface area contributed by atoms with Crippen molar-refractivity contribution in [2.75, 3.05) is 13.2 Å². The van der Waals surface area contributed by atoms with Crippen molar-refractivity contribution in [1.29, 1.82) is 0 Å². The number of aromatic nitrogens is 1. The van der Waals surface area contributed by atoms with E-state index < -0.39 is 0 Å². The summed E-state index contributed by atoms with van der Waals surface area (Å²) in [5.74, 6) is -0.278. The van der Waals surface area contributed by atoms with Crippen molar-refractivity contribution in [1.82, 2.24) is 9.47 Å². The van der Waals surface area contributed by atoms with Gasteiger partial charge in [-0.3, -0.25) is 4.90 Å². The molecule has 0 unspecified atom stereocenters. The summed E-state index contributed by atoms with van der Waals surface area (Å²) >= 11 is 0. The van der Waals surface area contributed by atoms with Gasteiger partial charge in [-0.1, -0.05) is 54.6 Å². The Morgan fingerprint density at radius 3 is 2.69 bits per heavy atom. The van der Waals surface area contributed by atoms with Gasteiger partial charge in [0.05, 0.1) is 17.7 Å². The molecule has 0 saturated heterocycles. The van der Waals surface area contributed by atoms with E-state index in [4.69, 9.17) is 10.5 Å². The molecule has 0 fully saturated rings. The van der Waals surface area contributed by atoms with Crippen LogP contribution in [0, 0.1) is 0 Å². The first-order valence-electron chi connectivity index (χ1n) is 11.3. The van der Waals surface area contributed by atoms with E-state index in [0.29, 0.717) is 18.7 Å². The van der Waals surface area contributed by atoms with E-state index in [2.05, 4.69) is 45.9 Å². The van der Waals surface area contributed by atoms with Gasteiger partial charge in [0.1, 0.15) is 0 Å². The first-order valence-corrected chi connectivity index (χ1v) is 11.3. The molecule has 5 nitrogen and oxygen atoms in total. The molecule has 1 aliphatic heterocycles. The molecular weight excluding hydrogens is 398 g/mol. The van der Waals surface area contributed by atoms with Crippen LogP contribution < -0.4 is 5.73 Å². The number of para-hydroxylation sites is 1. The van der Waals surface area contributed by atoms with Gasteiger partial charge in [0.25, 0.3) is 0 Å². The minimum absolute atomic E-state index is 0.278. The molecule has 5 heteroatoms. The van der Waals surface area contributed by atoms with Crippen molar-refractivity contribution < 1.29 is 9.53 Å². The van der Waals surface area contributed by atoms with Crippen molar-refractivity contribution in [3.63, 3.8) is 0 Å². The molecule has 3 aromatic rings. The van der Waals surface area contributed by atoms with Crippen LogP contribution in [-0.2, 0) is 30.8 Å². The summed E-state index contributed by atoms with van der Waals surface area (Å²) in [7, 11) is 0. The van der Waals surface area contributed by atoms with Gasteiger partial charge in [-0.2, -0.15) is 0 Å². The minimum atomic E-state index is -0.278. The SMILES string of the molecule is C/C=C\C(=C/N)Cn1c2c(c3cccc(C(=O)OCC)c31)CN(Cc1ccccc1)CC2. The molecule has 2 N–H and O–H groups in total. The fourth-order valence-corrected chi connectivity index (χ4v) is 4.64. The van der Waals surface area contributed by atoms with Crippen molar-refractivity contribution in [2.45, 2.75) is 39.9 Å². The third-order valence-electron chi connectivity index (χ3n) is 6.03. The maximum absolute atomic E-state index is 12.8. The maximum Gasteiger partial charge on any atom is 0.340 e. The second-order valence-corrected chi connectivity index (χ2v) is 8.12. The normalized spacial score (nSPS) is 14.8. The number of ether oxygens (including phenoxy) is 1. The fourth-order valence-electron chi connectivity index (χ4n) is 4.64. The third kappa shape index (κ3) is 4.34. The zero-order valence-corrected chi connectivity index (χ0v) is 18.9. The van der Waals surface area contributed by atoms with E-state index in [9.17, 15) is 4.79 Å². The largest absolute Gasteiger partial charge is 0.462 e. The van der Waals surface area contributed by atoms with Gasteiger partial charge < -0.3 is 15.0 Å². The van der Waals surface area contributed by atoms with Crippen LogP contribution in [0.1, 0.15) is 41.0 Å². The van der Waals surface area contributed by atoms with Gasteiger partial charge in [0.15, 0.2) is 0 Å². The lowest BCUT2D eigenvalue weighted by Crippen LogP contribution is -2.30. The van der Waals surface area contributed by atoms with E-state index in [1.54, 1.807) is 6.20 Å². The predicted molar refractivity (Wildman–Crippen MR) is 129 cm³/mol. The van der Waals surface area contributed by atoms with Crippen molar-refractivity contribution in [3.8, 4) is 0 Å². The third-order valence-corrected chi connectivity index (χ3v) is 6.03. The van der Waals surface area contributed by atoms with Crippen molar-refractivity contribution in [2.24, 2.45) is 5.73 Å². The van der Waals surface area contributed by atoms with E-state index in [-0.39, 0.29) is 5.97 Å². The number of allylic oxidation sites excluding steroid dienone is 3. The van der Waals surface area contributed by atoms with E-state index in [0.717, 1.165) is 42.5 Å². The number of esters is 1. The zero-order chi connectivity index (χ0) is 22.5. The van der Waals surface area contributed by atoms with Crippen molar-refractivity contribution in [3.05, 3.63) is 94.8 Å². The Balaban J connectivity index is 1.80. The molecule has 166 valence electrons. The predicted octanol–water partition coefficient (Wildman–Crippen LogP) is 4.80. The number of fused-ring (bicyclic) bond motifs is 3. The first-order chi connectivity index (χ1) is 15.7. The van der Waals surface area contributed by atoms with Crippen LogP contribution >= 0.6 is 0 Å². The average molecular weight is 430 g/mol. The molecule has 0 spiro atoms. The molecule has 0 radical (unpaired) electrons. The van der Waals surface area contributed by atoms with Gasteiger partial charge in [0, 0.05) is 43.7 Å². The summed E-state index contributed by atoms with van der Waals surface area (Å²) in [6.45, 7) is 7.54. The molecule has 1 aromatic heterocycles. The van der Waals surface area contributed by atoms with Gasteiger partial charge in [-0.15, -0.1) is 0 Å². The Labute approximate surface area is 189 Å². The van der Waals surface area contributed by atoms with Crippen LogP contribution in [0.2, 0.25) is 0 Å². The Morgan fingerprint density at radius 1 is 1.16 bits per heavy atom. The molecule has 0 atom stereocenters. The van der Waals surface area contributed by atoms with Crippen LogP contribution in [0.3, 0.4) is 0 Å². The summed E-state index contributed by atoms with van der Waals surface area (Å²) < 4.78 is 7.66. The van der Waals surface area contributed by atoms with Crippen LogP contribution in [0.15, 0.2) is 72.5 Å². The fraction of sp³-hybridized carbons (Fsp3) is 0.296. The summed E-state index contributed by atoms with van der Waals surface area (Å²) in [5, 5.41) is 1.13. The quantitative estimate of drug-likeness (QED) is 0.433. The molecule has 32 heavy (non-hydrogen) atoms. The highest BCUT2D eigenvalue weighted by Crippen LogP contribution is 2.34. The first kappa shape index (κ1) is 21.9. The Kier molecular flexibility index (Phi) is 6.76. The summed E-state index contributed by atoms with van der Waals surface area (Å²) in [4.78, 5) is 15.3. The summed E-state index contributed by atoms with van der Waals surface area (Å²) in [6.07, 6.45) is 6.59. The number of hydrogen-bond donors (Lipinski definition) is 1. The number of nitrogens with zero attached hydrogens (tertiary/aromatic N) is 2. The Morgan fingerprint density at radius 2 is 1.97 bits per heavy atom. The topological polar surface area (TPSA) is 60.5 Å². The Hall–Kier alpha value is -3.31. The second-order valence-electron chi connectivity index (χ2n) is 8.12. The number of carbonyl (C=O) groups excluding carboxylic acids is 1. The molecule has 0 amide bonds. The zero-order valence-electron chi connectivity index (χ0n) is 18.9. The smallest absolute Gasteiger partial charge is 0.340 e. The Bertz CT molecular complexity index is 1160. The molecule has 2 aromatic carbocycles. The van der Waals surface area contributed by atoms with Crippen LogP contribution in [0.25, 0.3) is 10.9 Å². The van der Waals surface area contributed by atoms with Gasteiger partial charge in [-0.05, 0) is 42.8 Å². The maximum atomic E-state index is 12.8. The average Bonchev–Trinajstić information content (AvgIpc) is 3.12. The van der Waals surface area contributed by atoms with E-state index in [1.165, 1.54) is 16.8 Å².